The van der Waals surface area contributed by atoms with Gasteiger partial charge in [0.1, 0.15) is 5.75 Å². The summed E-state index contributed by atoms with van der Waals surface area (Å²) in [5.74, 6) is 1.29. The third-order valence-electron chi connectivity index (χ3n) is 2.31. The van der Waals surface area contributed by atoms with Crippen LogP contribution in [0.25, 0.3) is 0 Å². The highest BCUT2D eigenvalue weighted by molar-refractivity contribution is 6.30. The molecule has 4 nitrogen and oxygen atoms in total. The lowest BCUT2D eigenvalue weighted by Gasteiger charge is -2.09. The van der Waals surface area contributed by atoms with Gasteiger partial charge in [0.15, 0.2) is 0 Å². The molecule has 0 unspecified atom stereocenters. The van der Waals surface area contributed by atoms with Crippen molar-refractivity contribution in [3.05, 3.63) is 41.2 Å². The maximum atomic E-state index is 5.72. The maximum Gasteiger partial charge on any atom is 0.227 e. The van der Waals surface area contributed by atoms with Gasteiger partial charge in [0.25, 0.3) is 0 Å². The van der Waals surface area contributed by atoms with Crippen molar-refractivity contribution >= 4 is 23.2 Å². The second-order valence-electron chi connectivity index (χ2n) is 3.53. The topological polar surface area (TPSA) is 47.0 Å². The van der Waals surface area contributed by atoms with E-state index in [1.54, 1.807) is 19.5 Å². The van der Waals surface area contributed by atoms with E-state index in [1.807, 2.05) is 25.1 Å². The number of hydrogen-bond acceptors (Lipinski definition) is 4. The van der Waals surface area contributed by atoms with E-state index in [1.165, 1.54) is 0 Å². The molecule has 2 aromatic rings. The van der Waals surface area contributed by atoms with Gasteiger partial charge in [0.2, 0.25) is 5.95 Å². The third kappa shape index (κ3) is 2.85. The van der Waals surface area contributed by atoms with Crippen LogP contribution in [0, 0.1) is 6.92 Å². The number of methoxy groups -OCH3 is 1. The largest absolute Gasteiger partial charge is 0.497 e. The van der Waals surface area contributed by atoms with Crippen molar-refractivity contribution in [1.29, 1.82) is 0 Å². The van der Waals surface area contributed by atoms with Crippen molar-refractivity contribution < 1.29 is 4.74 Å². The molecule has 0 fully saturated rings. The standard InChI is InChI=1S/C12H12ClN3O/c1-8-3-4-10(17-2)5-11(8)16-12-14-6-9(13)7-15-12/h3-7H,1-2H3,(H,14,15,16). The van der Waals surface area contributed by atoms with Crippen LogP contribution in [0.5, 0.6) is 5.75 Å². The lowest BCUT2D eigenvalue weighted by Crippen LogP contribution is -1.98. The Morgan fingerprint density at radius 3 is 2.59 bits per heavy atom. The molecule has 0 atom stereocenters. The summed E-state index contributed by atoms with van der Waals surface area (Å²) in [7, 11) is 1.63. The number of aromatic nitrogens is 2. The summed E-state index contributed by atoms with van der Waals surface area (Å²) < 4.78 is 5.16. The Morgan fingerprint density at radius 2 is 1.94 bits per heavy atom. The van der Waals surface area contributed by atoms with Crippen LogP contribution in [0.4, 0.5) is 11.6 Å². The van der Waals surface area contributed by atoms with Crippen LogP contribution in [-0.4, -0.2) is 17.1 Å². The fraction of sp³-hybridized carbons (Fsp3) is 0.167. The van der Waals surface area contributed by atoms with Gasteiger partial charge < -0.3 is 10.1 Å². The molecule has 0 saturated heterocycles. The quantitative estimate of drug-likeness (QED) is 0.908. The molecule has 0 aliphatic rings. The fourth-order valence-corrected chi connectivity index (χ4v) is 1.46. The van der Waals surface area contributed by atoms with Crippen molar-refractivity contribution in [2.24, 2.45) is 0 Å². The Hall–Kier alpha value is -1.81. The van der Waals surface area contributed by atoms with Crippen molar-refractivity contribution in [2.45, 2.75) is 6.92 Å². The molecular formula is C12H12ClN3O. The van der Waals surface area contributed by atoms with Crippen molar-refractivity contribution in [1.82, 2.24) is 9.97 Å². The molecular weight excluding hydrogens is 238 g/mol. The summed E-state index contributed by atoms with van der Waals surface area (Å²) in [6, 6.07) is 5.77. The molecule has 0 saturated carbocycles. The second-order valence-corrected chi connectivity index (χ2v) is 3.97. The van der Waals surface area contributed by atoms with Gasteiger partial charge in [-0.05, 0) is 18.6 Å². The average Bonchev–Trinajstić information content (AvgIpc) is 2.35. The summed E-state index contributed by atoms with van der Waals surface area (Å²) in [6.07, 6.45) is 3.10. The first-order chi connectivity index (χ1) is 8.19. The van der Waals surface area contributed by atoms with Gasteiger partial charge >= 0.3 is 0 Å². The van der Waals surface area contributed by atoms with Crippen LogP contribution < -0.4 is 10.1 Å². The Balaban J connectivity index is 2.25. The number of hydrogen-bond donors (Lipinski definition) is 1. The Kier molecular flexibility index (Phi) is 3.44. The SMILES string of the molecule is COc1ccc(C)c(Nc2ncc(Cl)cn2)c1. The van der Waals surface area contributed by atoms with Gasteiger partial charge in [0.05, 0.1) is 24.5 Å². The molecule has 1 N–H and O–H groups in total. The highest BCUT2D eigenvalue weighted by Crippen LogP contribution is 2.23. The number of ether oxygens (including phenoxy) is 1. The first-order valence-electron chi connectivity index (χ1n) is 5.08. The summed E-state index contributed by atoms with van der Waals surface area (Å²) in [5.41, 5.74) is 2.00. The second kappa shape index (κ2) is 5.01. The molecule has 1 aromatic heterocycles. The number of aryl methyl sites for hydroxylation is 1. The molecule has 88 valence electrons. The Morgan fingerprint density at radius 1 is 1.24 bits per heavy atom. The van der Waals surface area contributed by atoms with Gasteiger partial charge in [-0.3, -0.25) is 0 Å². The van der Waals surface area contributed by atoms with E-state index < -0.39 is 0 Å². The van der Waals surface area contributed by atoms with Crippen LogP contribution in [0.2, 0.25) is 5.02 Å². The van der Waals surface area contributed by atoms with Gasteiger partial charge in [-0.1, -0.05) is 17.7 Å². The number of halogens is 1. The highest BCUT2D eigenvalue weighted by atomic mass is 35.5. The summed E-state index contributed by atoms with van der Waals surface area (Å²) in [6.45, 7) is 2.00. The first-order valence-corrected chi connectivity index (χ1v) is 5.46. The molecule has 0 bridgehead atoms. The Labute approximate surface area is 105 Å². The molecule has 0 spiro atoms. The minimum atomic E-state index is 0.505. The normalized spacial score (nSPS) is 10.1. The molecule has 1 aromatic carbocycles. The van der Waals surface area contributed by atoms with E-state index in [0.717, 1.165) is 17.0 Å². The zero-order valence-corrected chi connectivity index (χ0v) is 10.3. The van der Waals surface area contributed by atoms with Crippen molar-refractivity contribution in [3.8, 4) is 5.75 Å². The summed E-state index contributed by atoms with van der Waals surface area (Å²) in [4.78, 5) is 8.15. The van der Waals surface area contributed by atoms with E-state index in [-0.39, 0.29) is 0 Å². The summed E-state index contributed by atoms with van der Waals surface area (Å²) in [5, 5.41) is 3.63. The fourth-order valence-electron chi connectivity index (χ4n) is 1.36. The van der Waals surface area contributed by atoms with Crippen LogP contribution in [0.15, 0.2) is 30.6 Å². The third-order valence-corrected chi connectivity index (χ3v) is 2.51. The number of anilines is 2. The van der Waals surface area contributed by atoms with Crippen molar-refractivity contribution in [3.63, 3.8) is 0 Å². The number of benzene rings is 1. The van der Waals surface area contributed by atoms with Gasteiger partial charge in [-0.25, -0.2) is 9.97 Å². The Bertz CT molecular complexity index is 514. The predicted molar refractivity (Wildman–Crippen MR) is 68.1 cm³/mol. The van der Waals surface area contributed by atoms with E-state index in [2.05, 4.69) is 15.3 Å². The van der Waals surface area contributed by atoms with Crippen LogP contribution in [0.1, 0.15) is 5.56 Å². The maximum absolute atomic E-state index is 5.72. The number of rotatable bonds is 3. The minimum Gasteiger partial charge on any atom is -0.497 e. The van der Waals surface area contributed by atoms with E-state index in [0.29, 0.717) is 11.0 Å². The molecule has 2 rings (SSSR count). The van der Waals surface area contributed by atoms with E-state index in [9.17, 15) is 0 Å². The number of nitrogens with zero attached hydrogens (tertiary/aromatic N) is 2. The summed E-state index contributed by atoms with van der Waals surface area (Å²) >= 11 is 5.72. The van der Waals surface area contributed by atoms with Gasteiger partial charge in [-0.15, -0.1) is 0 Å². The van der Waals surface area contributed by atoms with Crippen LogP contribution in [-0.2, 0) is 0 Å². The lowest BCUT2D eigenvalue weighted by atomic mass is 10.2. The van der Waals surface area contributed by atoms with Crippen LogP contribution in [0.3, 0.4) is 0 Å². The lowest BCUT2D eigenvalue weighted by molar-refractivity contribution is 0.415. The number of nitrogens with one attached hydrogen (secondary N) is 1. The average molecular weight is 250 g/mol. The van der Waals surface area contributed by atoms with Gasteiger partial charge in [-0.2, -0.15) is 0 Å². The van der Waals surface area contributed by atoms with Crippen LogP contribution >= 0.6 is 11.6 Å². The molecule has 0 aliphatic carbocycles. The monoisotopic (exact) mass is 249 g/mol. The highest BCUT2D eigenvalue weighted by Gasteiger charge is 2.03. The smallest absolute Gasteiger partial charge is 0.227 e. The predicted octanol–water partition coefficient (Wildman–Crippen LogP) is 3.19. The zero-order valence-electron chi connectivity index (χ0n) is 9.57. The minimum absolute atomic E-state index is 0.505. The van der Waals surface area contributed by atoms with E-state index in [4.69, 9.17) is 16.3 Å². The zero-order chi connectivity index (χ0) is 12.3. The van der Waals surface area contributed by atoms with E-state index >= 15 is 0 Å². The molecule has 5 heteroatoms. The molecule has 0 radical (unpaired) electrons. The first kappa shape index (κ1) is 11.7. The molecule has 0 aliphatic heterocycles. The van der Waals surface area contributed by atoms with Gasteiger partial charge in [0, 0.05) is 11.8 Å². The molecule has 1 heterocycles. The molecule has 17 heavy (non-hydrogen) atoms. The van der Waals surface area contributed by atoms with Crippen molar-refractivity contribution in [2.75, 3.05) is 12.4 Å². The molecule has 0 amide bonds.